The van der Waals surface area contributed by atoms with Gasteiger partial charge >= 0.3 is 0 Å². The zero-order valence-electron chi connectivity index (χ0n) is 12.2. The molecule has 0 N–H and O–H groups in total. The number of ether oxygens (including phenoxy) is 2. The van der Waals surface area contributed by atoms with Crippen LogP contribution in [0.3, 0.4) is 0 Å². The van der Waals surface area contributed by atoms with E-state index in [-0.39, 0.29) is 17.3 Å². The predicted molar refractivity (Wildman–Crippen MR) is 78.1 cm³/mol. The van der Waals surface area contributed by atoms with Crippen LogP contribution in [0.1, 0.15) is 26.2 Å². The molecule has 2 aliphatic heterocycles. The molecule has 0 amide bonds. The SMILES string of the molecule is C=CCOC[C@]12CCCO[C@@H]1CCN(S(=O)(=O)CC)C2. The van der Waals surface area contributed by atoms with Crippen LogP contribution in [-0.4, -0.2) is 57.5 Å². The minimum Gasteiger partial charge on any atom is -0.377 e. The number of piperidine rings is 1. The Morgan fingerprint density at radius 3 is 3.05 bits per heavy atom. The van der Waals surface area contributed by atoms with Crippen LogP contribution in [0, 0.1) is 5.41 Å². The van der Waals surface area contributed by atoms with Gasteiger partial charge in [-0.05, 0) is 26.2 Å². The van der Waals surface area contributed by atoms with Crippen molar-refractivity contribution < 1.29 is 17.9 Å². The lowest BCUT2D eigenvalue weighted by Gasteiger charge is -2.49. The van der Waals surface area contributed by atoms with Crippen LogP contribution >= 0.6 is 0 Å². The van der Waals surface area contributed by atoms with E-state index in [1.165, 1.54) is 0 Å². The molecule has 0 aliphatic carbocycles. The number of hydrogen-bond acceptors (Lipinski definition) is 4. The molecule has 0 saturated carbocycles. The molecule has 2 atom stereocenters. The quantitative estimate of drug-likeness (QED) is 0.550. The lowest BCUT2D eigenvalue weighted by Crippen LogP contribution is -2.58. The Kier molecular flexibility index (Phi) is 5.23. The molecule has 20 heavy (non-hydrogen) atoms. The molecule has 0 unspecified atom stereocenters. The minimum absolute atomic E-state index is 0.115. The molecule has 2 rings (SSSR count). The fourth-order valence-corrected chi connectivity index (χ4v) is 4.43. The first kappa shape index (κ1) is 15.9. The summed E-state index contributed by atoms with van der Waals surface area (Å²) < 4.78 is 37.4. The van der Waals surface area contributed by atoms with Crippen molar-refractivity contribution in [3.63, 3.8) is 0 Å². The van der Waals surface area contributed by atoms with Crippen molar-refractivity contribution in [3.8, 4) is 0 Å². The van der Waals surface area contributed by atoms with E-state index in [4.69, 9.17) is 9.47 Å². The monoisotopic (exact) mass is 303 g/mol. The molecule has 0 aromatic rings. The van der Waals surface area contributed by atoms with Gasteiger partial charge in [0, 0.05) is 25.1 Å². The van der Waals surface area contributed by atoms with E-state index in [1.54, 1.807) is 17.3 Å². The molecule has 5 nitrogen and oxygen atoms in total. The summed E-state index contributed by atoms with van der Waals surface area (Å²) in [6.45, 7) is 8.23. The summed E-state index contributed by atoms with van der Waals surface area (Å²) >= 11 is 0. The van der Waals surface area contributed by atoms with E-state index in [0.717, 1.165) is 25.9 Å². The van der Waals surface area contributed by atoms with E-state index < -0.39 is 10.0 Å². The number of fused-ring (bicyclic) bond motifs is 1. The van der Waals surface area contributed by atoms with E-state index in [2.05, 4.69) is 6.58 Å². The van der Waals surface area contributed by atoms with Crippen molar-refractivity contribution in [2.75, 3.05) is 38.7 Å². The number of rotatable bonds is 6. The first-order valence-electron chi connectivity index (χ1n) is 7.32. The van der Waals surface area contributed by atoms with Gasteiger partial charge in [0.05, 0.1) is 25.1 Å². The van der Waals surface area contributed by atoms with Gasteiger partial charge in [-0.2, -0.15) is 0 Å². The van der Waals surface area contributed by atoms with Crippen molar-refractivity contribution >= 4 is 10.0 Å². The maximum atomic E-state index is 12.1. The zero-order chi connectivity index (χ0) is 14.6. The molecule has 2 heterocycles. The maximum Gasteiger partial charge on any atom is 0.213 e. The summed E-state index contributed by atoms with van der Waals surface area (Å²) in [5.74, 6) is 0.155. The summed E-state index contributed by atoms with van der Waals surface area (Å²) in [7, 11) is -3.14. The first-order valence-corrected chi connectivity index (χ1v) is 8.93. The maximum absolute atomic E-state index is 12.1. The molecule has 116 valence electrons. The van der Waals surface area contributed by atoms with Crippen LogP contribution in [0.15, 0.2) is 12.7 Å². The van der Waals surface area contributed by atoms with Gasteiger partial charge in [-0.1, -0.05) is 6.08 Å². The van der Waals surface area contributed by atoms with Crippen molar-refractivity contribution in [1.82, 2.24) is 4.31 Å². The van der Waals surface area contributed by atoms with Crippen molar-refractivity contribution in [2.45, 2.75) is 32.3 Å². The normalized spacial score (nSPS) is 31.8. The molecular weight excluding hydrogens is 278 g/mol. The Morgan fingerprint density at radius 1 is 1.55 bits per heavy atom. The molecule has 0 bridgehead atoms. The van der Waals surface area contributed by atoms with Gasteiger partial charge in [0.15, 0.2) is 0 Å². The topological polar surface area (TPSA) is 55.8 Å². The fraction of sp³-hybridized carbons (Fsp3) is 0.857. The fourth-order valence-electron chi connectivity index (χ4n) is 3.23. The van der Waals surface area contributed by atoms with Crippen molar-refractivity contribution in [3.05, 3.63) is 12.7 Å². The lowest BCUT2D eigenvalue weighted by molar-refractivity contribution is -0.140. The molecule has 2 fully saturated rings. The highest BCUT2D eigenvalue weighted by Crippen LogP contribution is 2.41. The van der Waals surface area contributed by atoms with Crippen molar-refractivity contribution in [1.29, 1.82) is 0 Å². The van der Waals surface area contributed by atoms with Crippen molar-refractivity contribution in [2.24, 2.45) is 5.41 Å². The van der Waals surface area contributed by atoms with E-state index in [9.17, 15) is 8.42 Å². The standard InChI is InChI=1S/C14H25NO4S/c1-3-9-18-12-14-7-5-10-19-13(14)6-8-15(11-14)20(16,17)4-2/h3,13H,1,4-12H2,2H3/t13-,14-/m1/s1. The molecule has 6 heteroatoms. The molecular formula is C14H25NO4S. The predicted octanol–water partition coefficient (Wildman–Crippen LogP) is 1.41. The van der Waals surface area contributed by atoms with Crippen LogP contribution in [0.25, 0.3) is 0 Å². The molecule has 2 saturated heterocycles. The highest BCUT2D eigenvalue weighted by Gasteiger charge is 2.48. The second kappa shape index (κ2) is 6.56. The summed E-state index contributed by atoms with van der Waals surface area (Å²) in [4.78, 5) is 0. The third kappa shape index (κ3) is 3.24. The number of nitrogens with zero attached hydrogens (tertiary/aromatic N) is 1. The smallest absolute Gasteiger partial charge is 0.213 e. The third-order valence-corrected chi connectivity index (χ3v) is 6.16. The van der Waals surface area contributed by atoms with Crippen LogP contribution in [0.4, 0.5) is 0 Å². The molecule has 0 aromatic heterocycles. The van der Waals surface area contributed by atoms with E-state index in [0.29, 0.717) is 26.3 Å². The molecule has 0 aromatic carbocycles. The zero-order valence-corrected chi connectivity index (χ0v) is 13.0. The Hall–Kier alpha value is -0.430. The van der Waals surface area contributed by atoms with Gasteiger partial charge in [-0.15, -0.1) is 6.58 Å². The van der Waals surface area contributed by atoms with Gasteiger partial charge in [0.25, 0.3) is 0 Å². The van der Waals surface area contributed by atoms with E-state index in [1.807, 2.05) is 0 Å². The van der Waals surface area contributed by atoms with Crippen LogP contribution in [-0.2, 0) is 19.5 Å². The van der Waals surface area contributed by atoms with Gasteiger partial charge in [-0.25, -0.2) is 12.7 Å². The van der Waals surface area contributed by atoms with Gasteiger partial charge in [-0.3, -0.25) is 0 Å². The highest BCUT2D eigenvalue weighted by atomic mass is 32.2. The molecule has 0 radical (unpaired) electrons. The Bertz CT molecular complexity index is 436. The number of hydrogen-bond donors (Lipinski definition) is 0. The largest absolute Gasteiger partial charge is 0.377 e. The van der Waals surface area contributed by atoms with Gasteiger partial charge in [0.1, 0.15) is 0 Å². The minimum atomic E-state index is -3.14. The summed E-state index contributed by atoms with van der Waals surface area (Å²) in [6, 6.07) is 0. The third-order valence-electron chi connectivity index (χ3n) is 4.34. The van der Waals surface area contributed by atoms with Crippen LogP contribution < -0.4 is 0 Å². The van der Waals surface area contributed by atoms with Gasteiger partial charge < -0.3 is 9.47 Å². The molecule has 0 spiro atoms. The van der Waals surface area contributed by atoms with Crippen LogP contribution in [0.2, 0.25) is 0 Å². The second-order valence-electron chi connectivity index (χ2n) is 5.65. The second-order valence-corrected chi connectivity index (χ2v) is 7.91. The average Bonchev–Trinajstić information content (AvgIpc) is 2.47. The Labute approximate surface area is 122 Å². The highest BCUT2D eigenvalue weighted by molar-refractivity contribution is 7.89. The Morgan fingerprint density at radius 2 is 2.35 bits per heavy atom. The Balaban J connectivity index is 2.14. The summed E-state index contributed by atoms with van der Waals surface area (Å²) in [5, 5.41) is 0. The summed E-state index contributed by atoms with van der Waals surface area (Å²) in [5.41, 5.74) is -0.193. The lowest BCUT2D eigenvalue weighted by atomic mass is 9.73. The van der Waals surface area contributed by atoms with Gasteiger partial charge in [0.2, 0.25) is 10.0 Å². The number of sulfonamides is 1. The van der Waals surface area contributed by atoms with Crippen LogP contribution in [0.5, 0.6) is 0 Å². The van der Waals surface area contributed by atoms with E-state index >= 15 is 0 Å². The summed E-state index contributed by atoms with van der Waals surface area (Å²) in [6.07, 6.45) is 4.53. The average molecular weight is 303 g/mol. The molecule has 2 aliphatic rings. The first-order chi connectivity index (χ1) is 9.54.